The number of carbonyl (C=O) groups is 1. The number of rotatable bonds is 2. The normalized spacial score (nSPS) is 13.7. The first-order valence-electron chi connectivity index (χ1n) is 9.55. The number of hydrogen-bond donors (Lipinski definition) is 0. The van der Waals surface area contributed by atoms with Crippen molar-refractivity contribution in [3.8, 4) is 23.0 Å². The van der Waals surface area contributed by atoms with E-state index >= 15 is 0 Å². The third kappa shape index (κ3) is 2.48. The number of benzene rings is 3. The highest BCUT2D eigenvalue weighted by molar-refractivity contribution is 8.93. The smallest absolute Gasteiger partial charge is 0.308 e. The lowest BCUT2D eigenvalue weighted by atomic mass is 9.93. The molecule has 0 unspecified atom stereocenters. The Morgan fingerprint density at radius 3 is 2.67 bits per heavy atom. The predicted molar refractivity (Wildman–Crippen MR) is 117 cm³/mol. The summed E-state index contributed by atoms with van der Waals surface area (Å²) in [6.45, 7) is 2.49. The molecule has 152 valence electrons. The molecule has 0 bridgehead atoms. The zero-order chi connectivity index (χ0) is 19.7. The van der Waals surface area contributed by atoms with E-state index in [2.05, 4.69) is 29.0 Å². The van der Waals surface area contributed by atoms with Crippen molar-refractivity contribution < 1.29 is 28.3 Å². The maximum atomic E-state index is 11.7. The van der Waals surface area contributed by atoms with Gasteiger partial charge in [-0.25, -0.2) is 0 Å². The minimum absolute atomic E-state index is 0. The van der Waals surface area contributed by atoms with Crippen LogP contribution in [0.3, 0.4) is 0 Å². The lowest BCUT2D eigenvalue weighted by Crippen LogP contribution is -2.38. The van der Waals surface area contributed by atoms with Gasteiger partial charge in [0.25, 0.3) is 0 Å². The van der Waals surface area contributed by atoms with Crippen molar-refractivity contribution in [3.05, 3.63) is 42.1 Å². The molecule has 6 rings (SSSR count). The zero-order valence-corrected chi connectivity index (χ0v) is 18.2. The predicted octanol–water partition coefficient (Wildman–Crippen LogP) is 4.23. The van der Waals surface area contributed by atoms with Crippen LogP contribution in [0.2, 0.25) is 0 Å². The Morgan fingerprint density at radius 1 is 1.07 bits per heavy atom. The number of carbonyl (C=O) groups excluding carboxylic acids is 1. The summed E-state index contributed by atoms with van der Waals surface area (Å²) in [4.78, 5) is 11.7. The summed E-state index contributed by atoms with van der Waals surface area (Å²) >= 11 is 0. The van der Waals surface area contributed by atoms with Gasteiger partial charge in [0.05, 0.1) is 23.3 Å². The molecule has 0 amide bonds. The van der Waals surface area contributed by atoms with E-state index in [-0.39, 0.29) is 29.7 Å². The number of halogens is 1. The third-order valence-electron chi connectivity index (χ3n) is 5.80. The number of esters is 1. The first kappa shape index (κ1) is 18.9. The molecule has 0 N–H and O–H groups in total. The van der Waals surface area contributed by atoms with Crippen LogP contribution in [0.5, 0.6) is 23.0 Å². The third-order valence-corrected chi connectivity index (χ3v) is 5.80. The molecule has 6 nitrogen and oxygen atoms in total. The molecule has 2 aliphatic rings. The number of aromatic nitrogens is 1. The van der Waals surface area contributed by atoms with Crippen molar-refractivity contribution >= 4 is 55.4 Å². The summed E-state index contributed by atoms with van der Waals surface area (Å²) < 4.78 is 24.6. The fourth-order valence-electron chi connectivity index (χ4n) is 4.64. The van der Waals surface area contributed by atoms with Gasteiger partial charge in [0, 0.05) is 24.1 Å². The molecule has 1 aromatic heterocycles. The van der Waals surface area contributed by atoms with E-state index in [9.17, 15) is 4.79 Å². The Balaban J connectivity index is 0.00000193. The van der Waals surface area contributed by atoms with E-state index in [1.807, 2.05) is 12.1 Å². The highest BCUT2D eigenvalue weighted by atomic mass is 79.9. The van der Waals surface area contributed by atoms with Gasteiger partial charge in [-0.1, -0.05) is 0 Å². The van der Waals surface area contributed by atoms with Crippen molar-refractivity contribution in [2.24, 2.45) is 0 Å². The fraction of sp³-hybridized carbons (Fsp3) is 0.217. The molecule has 0 radical (unpaired) electrons. The van der Waals surface area contributed by atoms with E-state index in [0.717, 1.165) is 51.5 Å². The van der Waals surface area contributed by atoms with Gasteiger partial charge in [0.15, 0.2) is 35.7 Å². The number of nitrogens with zero attached hydrogens (tertiary/aromatic N) is 1. The lowest BCUT2D eigenvalue weighted by molar-refractivity contribution is -0.670. The van der Waals surface area contributed by atoms with Crippen LogP contribution in [0.25, 0.3) is 32.4 Å². The van der Waals surface area contributed by atoms with E-state index in [0.29, 0.717) is 11.5 Å². The number of fused-ring (bicyclic) bond motifs is 4. The Kier molecular flexibility index (Phi) is 4.25. The summed E-state index contributed by atoms with van der Waals surface area (Å²) in [5.41, 5.74) is 2.43. The first-order valence-corrected chi connectivity index (χ1v) is 9.55. The monoisotopic (exact) mass is 468 g/mol. The second-order valence-electron chi connectivity index (χ2n) is 7.38. The second kappa shape index (κ2) is 6.74. The molecule has 2 aliphatic heterocycles. The molecule has 0 saturated heterocycles. The molecule has 4 aromatic rings. The van der Waals surface area contributed by atoms with Crippen molar-refractivity contribution in [2.75, 3.05) is 13.9 Å². The number of ether oxygens (including phenoxy) is 4. The van der Waals surface area contributed by atoms with Crippen LogP contribution in [-0.2, 0) is 17.8 Å². The minimum atomic E-state index is -0.372. The SMILES string of the molecule is Br.COc1ccc2c(c[n+]3c4c2ccc2c5c(cc(c24)CC3)OCO5)c1OC(C)=O. The van der Waals surface area contributed by atoms with Gasteiger partial charge < -0.3 is 18.9 Å². The van der Waals surface area contributed by atoms with E-state index in [1.165, 1.54) is 17.9 Å². The molecule has 3 heterocycles. The lowest BCUT2D eigenvalue weighted by Gasteiger charge is -2.18. The standard InChI is InChI=1S/C23H18NO5.BrH/c1-12(25)29-23-17-10-24-8-7-13-9-19-22(28-11-27-19)16-4-3-15(21(24)20(13)16)14(17)5-6-18(23)26-2;/h3-6,9-10H,7-8,11H2,1-2H3;1H/q+1;. The second-order valence-corrected chi connectivity index (χ2v) is 7.38. The van der Waals surface area contributed by atoms with Crippen LogP contribution in [0.1, 0.15) is 12.5 Å². The van der Waals surface area contributed by atoms with Gasteiger partial charge in [-0.3, -0.25) is 4.79 Å². The van der Waals surface area contributed by atoms with Crippen LogP contribution in [0.15, 0.2) is 36.5 Å². The zero-order valence-electron chi connectivity index (χ0n) is 16.5. The largest absolute Gasteiger partial charge is 0.493 e. The summed E-state index contributed by atoms with van der Waals surface area (Å²) in [7, 11) is 1.58. The Labute approximate surface area is 182 Å². The van der Waals surface area contributed by atoms with Crippen LogP contribution in [0.4, 0.5) is 0 Å². The fourth-order valence-corrected chi connectivity index (χ4v) is 4.64. The summed E-state index contributed by atoms with van der Waals surface area (Å²) in [5.74, 6) is 2.26. The van der Waals surface area contributed by atoms with Crippen LogP contribution in [0, 0.1) is 0 Å². The molecule has 0 aliphatic carbocycles. The van der Waals surface area contributed by atoms with Crippen molar-refractivity contribution in [1.29, 1.82) is 0 Å². The maximum absolute atomic E-state index is 11.7. The quantitative estimate of drug-likeness (QED) is 0.190. The van der Waals surface area contributed by atoms with Gasteiger partial charge in [-0.15, -0.1) is 17.0 Å². The molecule has 0 saturated carbocycles. The minimum Gasteiger partial charge on any atom is -0.493 e. The molecular formula is C23H19BrNO5+. The summed E-state index contributed by atoms with van der Waals surface area (Å²) in [6.07, 6.45) is 2.95. The number of methoxy groups -OCH3 is 1. The van der Waals surface area contributed by atoms with E-state index < -0.39 is 0 Å². The van der Waals surface area contributed by atoms with Crippen LogP contribution in [-0.4, -0.2) is 19.9 Å². The highest BCUT2D eigenvalue weighted by Crippen LogP contribution is 2.46. The van der Waals surface area contributed by atoms with Crippen molar-refractivity contribution in [2.45, 2.75) is 19.9 Å². The van der Waals surface area contributed by atoms with Gasteiger partial charge in [0.1, 0.15) is 0 Å². The van der Waals surface area contributed by atoms with Crippen molar-refractivity contribution in [1.82, 2.24) is 0 Å². The Bertz CT molecular complexity index is 1380. The molecule has 0 spiro atoms. The number of aryl methyl sites for hydroxylation is 2. The summed E-state index contributed by atoms with van der Waals surface area (Å²) in [5, 5.41) is 5.25. The molecular weight excluding hydrogens is 450 g/mol. The van der Waals surface area contributed by atoms with Crippen molar-refractivity contribution in [3.63, 3.8) is 0 Å². The highest BCUT2D eigenvalue weighted by Gasteiger charge is 2.30. The van der Waals surface area contributed by atoms with E-state index in [4.69, 9.17) is 18.9 Å². The number of hydrogen-bond acceptors (Lipinski definition) is 5. The Morgan fingerprint density at radius 2 is 1.87 bits per heavy atom. The van der Waals surface area contributed by atoms with Gasteiger partial charge in [-0.05, 0) is 35.9 Å². The Hall–Kier alpha value is -3.06. The first-order chi connectivity index (χ1) is 14.2. The molecule has 30 heavy (non-hydrogen) atoms. The number of pyridine rings is 1. The maximum Gasteiger partial charge on any atom is 0.308 e. The molecule has 3 aromatic carbocycles. The van der Waals surface area contributed by atoms with E-state index in [1.54, 1.807) is 7.11 Å². The molecule has 0 fully saturated rings. The average molecular weight is 469 g/mol. The molecule has 7 heteroatoms. The average Bonchev–Trinajstić information content (AvgIpc) is 3.20. The van der Waals surface area contributed by atoms with Gasteiger partial charge in [0.2, 0.25) is 12.3 Å². The topological polar surface area (TPSA) is 57.9 Å². The molecule has 0 atom stereocenters. The van der Waals surface area contributed by atoms with Gasteiger partial charge in [-0.2, -0.15) is 4.57 Å². The van der Waals surface area contributed by atoms with Crippen LogP contribution >= 0.6 is 17.0 Å². The van der Waals surface area contributed by atoms with Gasteiger partial charge >= 0.3 is 5.97 Å². The van der Waals surface area contributed by atoms with Crippen LogP contribution < -0.4 is 23.5 Å². The summed E-state index contributed by atoms with van der Waals surface area (Å²) in [6, 6.07) is 10.2.